The van der Waals surface area contributed by atoms with E-state index in [1.165, 1.54) is 32.2 Å². The summed E-state index contributed by atoms with van der Waals surface area (Å²) < 4.78 is 0.980. The van der Waals surface area contributed by atoms with Gasteiger partial charge in [-0.2, -0.15) is 0 Å². The summed E-state index contributed by atoms with van der Waals surface area (Å²) in [5.41, 5.74) is 0. The van der Waals surface area contributed by atoms with Crippen LogP contribution >= 0.6 is 22.6 Å². The maximum Gasteiger partial charge on any atom is 0.0128 e. The van der Waals surface area contributed by atoms with Crippen LogP contribution in [0.2, 0.25) is 0 Å². The summed E-state index contributed by atoms with van der Waals surface area (Å²) >= 11 is 2.65. The Morgan fingerprint density at radius 1 is 1.00 bits per heavy atom. The molecule has 3 aliphatic heterocycles. The summed E-state index contributed by atoms with van der Waals surface area (Å²) in [5, 5.41) is 0. The van der Waals surface area contributed by atoms with Crippen LogP contribution in [-0.4, -0.2) is 27.5 Å². The Morgan fingerprint density at radius 3 is 2.73 bits per heavy atom. The number of halogens is 1. The van der Waals surface area contributed by atoms with E-state index in [2.05, 4.69) is 27.5 Å². The van der Waals surface area contributed by atoms with Gasteiger partial charge in [-0.1, -0.05) is 22.6 Å². The van der Waals surface area contributed by atoms with E-state index in [1.54, 1.807) is 0 Å². The first kappa shape index (κ1) is 7.13. The van der Waals surface area contributed by atoms with E-state index in [-0.39, 0.29) is 0 Å². The van der Waals surface area contributed by atoms with E-state index < -0.39 is 0 Å². The van der Waals surface area contributed by atoms with Gasteiger partial charge in [-0.3, -0.25) is 4.90 Å². The lowest BCUT2D eigenvalue weighted by molar-refractivity contribution is 0.0517. The van der Waals surface area contributed by atoms with Gasteiger partial charge in [0.25, 0.3) is 0 Å². The normalized spacial score (nSPS) is 55.4. The Balaban J connectivity index is 1.85. The fourth-order valence-electron chi connectivity index (χ4n) is 3.19. The molecule has 3 unspecified atom stereocenters. The molecule has 0 amide bonds. The zero-order chi connectivity index (χ0) is 7.42. The van der Waals surface area contributed by atoms with Gasteiger partial charge in [-0.15, -0.1) is 0 Å². The molecule has 11 heavy (non-hydrogen) atoms. The van der Waals surface area contributed by atoms with Gasteiger partial charge in [0.1, 0.15) is 0 Å². The van der Waals surface area contributed by atoms with Crippen LogP contribution in [0.25, 0.3) is 0 Å². The van der Waals surface area contributed by atoms with Crippen molar-refractivity contribution in [1.82, 2.24) is 4.90 Å². The molecule has 2 bridgehead atoms. The van der Waals surface area contributed by atoms with Gasteiger partial charge in [0.15, 0.2) is 0 Å². The van der Waals surface area contributed by atoms with E-state index in [4.69, 9.17) is 0 Å². The summed E-state index contributed by atoms with van der Waals surface area (Å²) in [7, 11) is 0. The minimum Gasteiger partial charge on any atom is -0.297 e. The van der Waals surface area contributed by atoms with Crippen molar-refractivity contribution < 1.29 is 0 Å². The second kappa shape index (κ2) is 2.34. The molecule has 0 aromatic carbocycles. The Morgan fingerprint density at radius 2 is 1.82 bits per heavy atom. The Bertz CT molecular complexity index is 176. The standard InChI is InChI=1S/C9H14IN/c10-7-1-6-2-8-4-9(3-7)11(8)5-6/h6-9H,1-5H2/t6?,7-,8?,9?/m1/s1. The number of hydrogen-bond donors (Lipinski definition) is 0. The fourth-order valence-corrected chi connectivity index (χ4v) is 4.49. The van der Waals surface area contributed by atoms with Crippen molar-refractivity contribution in [1.29, 1.82) is 0 Å². The average molecular weight is 263 g/mol. The van der Waals surface area contributed by atoms with E-state index in [1.807, 2.05) is 0 Å². The molecule has 3 rings (SSSR count). The van der Waals surface area contributed by atoms with Gasteiger partial charge >= 0.3 is 0 Å². The number of hydrogen-bond acceptors (Lipinski definition) is 1. The number of nitrogens with zero attached hydrogens (tertiary/aromatic N) is 1. The van der Waals surface area contributed by atoms with Crippen molar-refractivity contribution in [2.75, 3.05) is 6.54 Å². The molecule has 0 radical (unpaired) electrons. The topological polar surface area (TPSA) is 3.24 Å². The number of rotatable bonds is 0. The van der Waals surface area contributed by atoms with Gasteiger partial charge in [0.2, 0.25) is 0 Å². The predicted molar refractivity (Wildman–Crippen MR) is 54.0 cm³/mol. The molecule has 62 valence electrons. The lowest BCUT2D eigenvalue weighted by Gasteiger charge is -2.45. The molecule has 4 atom stereocenters. The predicted octanol–water partition coefficient (Wildman–Crippen LogP) is 2.05. The first-order chi connectivity index (χ1) is 5.33. The zero-order valence-corrected chi connectivity index (χ0v) is 8.83. The van der Waals surface area contributed by atoms with Crippen molar-refractivity contribution in [3.8, 4) is 0 Å². The van der Waals surface area contributed by atoms with E-state index >= 15 is 0 Å². The Labute approximate surface area is 81.7 Å². The molecule has 0 aliphatic carbocycles. The largest absolute Gasteiger partial charge is 0.297 e. The highest BCUT2D eigenvalue weighted by Crippen LogP contribution is 2.45. The third-order valence-corrected chi connectivity index (χ3v) is 4.69. The lowest BCUT2D eigenvalue weighted by atomic mass is 9.85. The highest BCUT2D eigenvalue weighted by Gasteiger charge is 2.48. The molecular formula is C9H14IN. The molecule has 1 nitrogen and oxygen atoms in total. The summed E-state index contributed by atoms with van der Waals surface area (Å²) in [5.74, 6) is 1.06. The fraction of sp³-hybridized carbons (Fsp3) is 1.00. The van der Waals surface area contributed by atoms with Crippen LogP contribution < -0.4 is 0 Å². The molecule has 3 saturated heterocycles. The van der Waals surface area contributed by atoms with Crippen LogP contribution in [-0.2, 0) is 0 Å². The molecular weight excluding hydrogens is 249 g/mol. The first-order valence-electron chi connectivity index (χ1n) is 4.73. The van der Waals surface area contributed by atoms with Gasteiger partial charge in [-0.05, 0) is 31.6 Å². The molecule has 0 aromatic rings. The van der Waals surface area contributed by atoms with Crippen LogP contribution in [0.3, 0.4) is 0 Å². The minimum absolute atomic E-state index is 0.980. The third kappa shape index (κ3) is 0.981. The highest BCUT2D eigenvalue weighted by atomic mass is 127. The first-order valence-corrected chi connectivity index (χ1v) is 5.97. The molecule has 0 spiro atoms. The summed E-state index contributed by atoms with van der Waals surface area (Å²) in [4.78, 5) is 2.77. The van der Waals surface area contributed by atoms with Crippen LogP contribution in [0.1, 0.15) is 25.7 Å². The average Bonchev–Trinajstić information content (AvgIpc) is 2.14. The summed E-state index contributed by atoms with van der Waals surface area (Å²) in [6.07, 6.45) is 6.03. The van der Waals surface area contributed by atoms with Crippen molar-refractivity contribution in [2.24, 2.45) is 5.92 Å². The monoisotopic (exact) mass is 263 g/mol. The van der Waals surface area contributed by atoms with Gasteiger partial charge in [-0.25, -0.2) is 0 Å². The maximum absolute atomic E-state index is 2.77. The minimum atomic E-state index is 0.980. The maximum atomic E-state index is 2.77. The quantitative estimate of drug-likeness (QED) is 0.477. The van der Waals surface area contributed by atoms with E-state index in [0.29, 0.717) is 0 Å². The molecule has 0 saturated carbocycles. The summed E-state index contributed by atoms with van der Waals surface area (Å²) in [6, 6.07) is 2.02. The van der Waals surface area contributed by atoms with E-state index in [0.717, 1.165) is 21.9 Å². The van der Waals surface area contributed by atoms with Crippen LogP contribution in [0.5, 0.6) is 0 Å². The van der Waals surface area contributed by atoms with Gasteiger partial charge in [0, 0.05) is 22.6 Å². The van der Waals surface area contributed by atoms with Gasteiger partial charge in [0.05, 0.1) is 0 Å². The molecule has 0 aromatic heterocycles. The second-order valence-corrected chi connectivity index (χ2v) is 6.17. The Kier molecular flexibility index (Phi) is 1.52. The summed E-state index contributed by atoms with van der Waals surface area (Å²) in [6.45, 7) is 1.44. The highest BCUT2D eigenvalue weighted by molar-refractivity contribution is 14.1. The van der Waals surface area contributed by atoms with Crippen molar-refractivity contribution in [3.63, 3.8) is 0 Å². The van der Waals surface area contributed by atoms with E-state index in [9.17, 15) is 0 Å². The van der Waals surface area contributed by atoms with Crippen molar-refractivity contribution >= 4 is 22.6 Å². The molecule has 0 N–H and O–H groups in total. The van der Waals surface area contributed by atoms with Crippen LogP contribution in [0, 0.1) is 5.92 Å². The van der Waals surface area contributed by atoms with Gasteiger partial charge < -0.3 is 0 Å². The second-order valence-electron chi connectivity index (χ2n) is 4.41. The van der Waals surface area contributed by atoms with Crippen LogP contribution in [0.15, 0.2) is 0 Å². The molecule has 3 heterocycles. The lowest BCUT2D eigenvalue weighted by Crippen LogP contribution is -2.52. The number of fused-ring (bicyclic) bond motifs is 1. The smallest absolute Gasteiger partial charge is 0.0128 e. The number of alkyl halides is 1. The molecule has 2 heteroatoms. The van der Waals surface area contributed by atoms with Crippen molar-refractivity contribution in [3.05, 3.63) is 0 Å². The SMILES string of the molecule is I[C@@H]1CC2CC3CC(C1)N3C2. The third-order valence-electron chi connectivity index (χ3n) is 3.67. The molecule has 3 aliphatic rings. The zero-order valence-electron chi connectivity index (χ0n) is 6.67. The molecule has 3 fully saturated rings. The Hall–Kier alpha value is 0.690. The van der Waals surface area contributed by atoms with Crippen molar-refractivity contribution in [2.45, 2.75) is 41.7 Å². The van der Waals surface area contributed by atoms with Crippen LogP contribution in [0.4, 0.5) is 0 Å².